The lowest BCUT2D eigenvalue weighted by Crippen LogP contribution is -1.92. The third kappa shape index (κ3) is 2.76. The van der Waals surface area contributed by atoms with E-state index in [0.717, 1.165) is 11.7 Å². The van der Waals surface area contributed by atoms with Gasteiger partial charge in [0.2, 0.25) is 0 Å². The molecule has 0 bridgehead atoms. The topological polar surface area (TPSA) is 20.2 Å². The van der Waals surface area contributed by atoms with Gasteiger partial charge in [-0.2, -0.15) is 11.8 Å². The summed E-state index contributed by atoms with van der Waals surface area (Å²) in [6, 6.07) is 0. The largest absolute Gasteiger partial charge is 0.392 e. The second-order valence-corrected chi connectivity index (χ2v) is 3.93. The molecule has 1 saturated heterocycles. The average Bonchev–Trinajstić information content (AvgIpc) is 2.41. The summed E-state index contributed by atoms with van der Waals surface area (Å²) in [6.45, 7) is 0.192. The van der Waals surface area contributed by atoms with E-state index in [2.05, 4.69) is 17.8 Å². The van der Waals surface area contributed by atoms with Crippen LogP contribution in [0.25, 0.3) is 0 Å². The van der Waals surface area contributed by atoms with E-state index < -0.39 is 0 Å². The van der Waals surface area contributed by atoms with Gasteiger partial charge in [-0.05, 0) is 25.0 Å². The van der Waals surface area contributed by atoms with Crippen molar-refractivity contribution in [2.24, 2.45) is 0 Å². The van der Waals surface area contributed by atoms with Crippen LogP contribution in [0.15, 0.2) is 12.2 Å². The van der Waals surface area contributed by atoms with Crippen LogP contribution in [0, 0.1) is 0 Å². The lowest BCUT2D eigenvalue weighted by Gasteiger charge is -2.01. The first kappa shape index (κ1) is 8.15. The molecule has 0 amide bonds. The number of thioether (sulfide) groups is 1. The van der Waals surface area contributed by atoms with Gasteiger partial charge in [0.1, 0.15) is 0 Å². The minimum Gasteiger partial charge on any atom is -0.392 e. The Morgan fingerprint density at radius 1 is 1.50 bits per heavy atom. The Morgan fingerprint density at radius 3 is 3.00 bits per heavy atom. The highest BCUT2D eigenvalue weighted by atomic mass is 32.2. The monoisotopic (exact) mass is 158 g/mol. The van der Waals surface area contributed by atoms with Crippen LogP contribution in [0.3, 0.4) is 0 Å². The number of hydrogen-bond acceptors (Lipinski definition) is 2. The first-order chi connectivity index (χ1) is 4.93. The predicted molar refractivity (Wildman–Crippen MR) is 46.3 cm³/mol. The molecule has 1 fully saturated rings. The molecule has 58 valence electrons. The van der Waals surface area contributed by atoms with Crippen molar-refractivity contribution >= 4 is 11.8 Å². The molecule has 0 aliphatic carbocycles. The fourth-order valence-electron chi connectivity index (χ4n) is 1.15. The van der Waals surface area contributed by atoms with E-state index in [1.54, 1.807) is 0 Å². The van der Waals surface area contributed by atoms with Crippen LogP contribution >= 0.6 is 11.8 Å². The average molecular weight is 158 g/mol. The van der Waals surface area contributed by atoms with Crippen molar-refractivity contribution in [2.75, 3.05) is 12.4 Å². The Bertz CT molecular complexity index is 106. The van der Waals surface area contributed by atoms with E-state index in [9.17, 15) is 0 Å². The highest BCUT2D eigenvalue weighted by Crippen LogP contribution is 2.28. The van der Waals surface area contributed by atoms with Crippen molar-refractivity contribution in [2.45, 2.75) is 24.5 Å². The molecule has 0 aromatic rings. The van der Waals surface area contributed by atoms with Crippen molar-refractivity contribution in [3.8, 4) is 0 Å². The predicted octanol–water partition coefficient (Wildman–Crippen LogP) is 1.82. The van der Waals surface area contributed by atoms with Crippen LogP contribution < -0.4 is 0 Å². The molecule has 1 rings (SSSR count). The lowest BCUT2D eigenvalue weighted by molar-refractivity contribution is 0.342. The minimum atomic E-state index is 0.192. The van der Waals surface area contributed by atoms with E-state index in [0.29, 0.717) is 0 Å². The smallest absolute Gasteiger partial charge is 0.0612 e. The van der Waals surface area contributed by atoms with E-state index >= 15 is 0 Å². The van der Waals surface area contributed by atoms with Crippen LogP contribution in [0.4, 0.5) is 0 Å². The molecule has 0 aromatic heterocycles. The summed E-state index contributed by atoms with van der Waals surface area (Å²) in [5, 5.41) is 9.28. The van der Waals surface area contributed by atoms with Gasteiger partial charge in [0.25, 0.3) is 0 Å². The lowest BCUT2D eigenvalue weighted by atomic mass is 10.2. The third-order valence-corrected chi connectivity index (χ3v) is 3.12. The van der Waals surface area contributed by atoms with Gasteiger partial charge in [-0.25, -0.2) is 0 Å². The Balaban J connectivity index is 2.06. The Hall–Kier alpha value is 0.0500. The molecule has 1 N–H and O–H groups in total. The standard InChI is InChI=1S/C8H14OS/c9-6-2-1-4-8-5-3-7-10-8/h1-2,8-9H,3-7H2/b2-1-. The van der Waals surface area contributed by atoms with Gasteiger partial charge in [0.15, 0.2) is 0 Å². The van der Waals surface area contributed by atoms with Gasteiger partial charge in [0, 0.05) is 5.25 Å². The molecule has 0 aromatic carbocycles. The molecule has 1 nitrogen and oxygen atoms in total. The van der Waals surface area contributed by atoms with Gasteiger partial charge in [-0.3, -0.25) is 0 Å². The number of hydrogen-bond donors (Lipinski definition) is 1. The molecule has 1 atom stereocenters. The van der Waals surface area contributed by atoms with Crippen molar-refractivity contribution in [1.29, 1.82) is 0 Å². The van der Waals surface area contributed by atoms with Crippen molar-refractivity contribution in [3.05, 3.63) is 12.2 Å². The summed E-state index contributed by atoms with van der Waals surface area (Å²) in [7, 11) is 0. The Morgan fingerprint density at radius 2 is 2.40 bits per heavy atom. The van der Waals surface area contributed by atoms with E-state index in [-0.39, 0.29) is 6.61 Å². The number of aliphatic hydroxyl groups excluding tert-OH is 1. The van der Waals surface area contributed by atoms with Crippen LogP contribution in [0.5, 0.6) is 0 Å². The molecule has 1 unspecified atom stereocenters. The molecular weight excluding hydrogens is 144 g/mol. The van der Waals surface area contributed by atoms with E-state index in [1.165, 1.54) is 18.6 Å². The fourth-order valence-corrected chi connectivity index (χ4v) is 2.40. The maximum atomic E-state index is 8.45. The minimum absolute atomic E-state index is 0.192. The molecule has 0 spiro atoms. The van der Waals surface area contributed by atoms with E-state index in [4.69, 9.17) is 5.11 Å². The van der Waals surface area contributed by atoms with Crippen molar-refractivity contribution < 1.29 is 5.11 Å². The molecule has 0 saturated carbocycles. The van der Waals surface area contributed by atoms with Crippen LogP contribution in [0.1, 0.15) is 19.3 Å². The first-order valence-electron chi connectivity index (χ1n) is 3.81. The van der Waals surface area contributed by atoms with Crippen LogP contribution in [0.2, 0.25) is 0 Å². The van der Waals surface area contributed by atoms with Gasteiger partial charge >= 0.3 is 0 Å². The quantitative estimate of drug-likeness (QED) is 0.632. The number of rotatable bonds is 3. The van der Waals surface area contributed by atoms with Crippen molar-refractivity contribution in [3.63, 3.8) is 0 Å². The maximum Gasteiger partial charge on any atom is 0.0612 e. The molecule has 10 heavy (non-hydrogen) atoms. The van der Waals surface area contributed by atoms with E-state index in [1.807, 2.05) is 6.08 Å². The van der Waals surface area contributed by atoms with Gasteiger partial charge in [-0.1, -0.05) is 12.2 Å². The maximum absolute atomic E-state index is 8.45. The molecular formula is C8H14OS. The second kappa shape index (κ2) is 4.80. The zero-order valence-corrected chi connectivity index (χ0v) is 6.94. The summed E-state index contributed by atoms with van der Waals surface area (Å²) in [5.41, 5.74) is 0. The summed E-state index contributed by atoms with van der Waals surface area (Å²) < 4.78 is 0. The zero-order chi connectivity index (χ0) is 7.23. The number of aliphatic hydroxyl groups is 1. The number of allylic oxidation sites excluding steroid dienone is 1. The molecule has 1 aliphatic rings. The highest BCUT2D eigenvalue weighted by Gasteiger charge is 2.12. The van der Waals surface area contributed by atoms with Gasteiger partial charge in [0.05, 0.1) is 6.61 Å². The SMILES string of the molecule is OC/C=C\CC1CCCS1. The Labute approximate surface area is 66.5 Å². The first-order valence-corrected chi connectivity index (χ1v) is 4.86. The fraction of sp³-hybridized carbons (Fsp3) is 0.750. The molecule has 1 heterocycles. The normalized spacial score (nSPS) is 26.3. The van der Waals surface area contributed by atoms with Crippen molar-refractivity contribution in [1.82, 2.24) is 0 Å². The summed E-state index contributed by atoms with van der Waals surface area (Å²) >= 11 is 2.06. The molecule has 2 heteroatoms. The second-order valence-electron chi connectivity index (χ2n) is 2.52. The summed E-state index contributed by atoms with van der Waals surface area (Å²) in [5.74, 6) is 1.33. The summed E-state index contributed by atoms with van der Waals surface area (Å²) in [6.07, 6.45) is 7.80. The van der Waals surface area contributed by atoms with Gasteiger partial charge < -0.3 is 5.11 Å². The third-order valence-electron chi connectivity index (χ3n) is 1.70. The zero-order valence-electron chi connectivity index (χ0n) is 6.12. The Kier molecular flexibility index (Phi) is 3.91. The van der Waals surface area contributed by atoms with Crippen LogP contribution in [-0.4, -0.2) is 22.7 Å². The van der Waals surface area contributed by atoms with Crippen LogP contribution in [-0.2, 0) is 0 Å². The van der Waals surface area contributed by atoms with Gasteiger partial charge in [-0.15, -0.1) is 0 Å². The highest BCUT2D eigenvalue weighted by molar-refractivity contribution is 8.00. The molecule has 0 radical (unpaired) electrons. The molecule has 1 aliphatic heterocycles. The summed E-state index contributed by atoms with van der Waals surface area (Å²) in [4.78, 5) is 0.